The van der Waals surface area contributed by atoms with Crippen molar-refractivity contribution >= 4 is 29.1 Å². The molecule has 2 heterocycles. The van der Waals surface area contributed by atoms with Crippen LogP contribution in [0.4, 0.5) is 17.5 Å². The van der Waals surface area contributed by atoms with Crippen LogP contribution in [-0.2, 0) is 0 Å². The summed E-state index contributed by atoms with van der Waals surface area (Å²) in [6, 6.07) is 11.7. The Hall–Kier alpha value is -2.66. The largest absolute Gasteiger partial charge is 0.352 e. The van der Waals surface area contributed by atoms with Crippen LogP contribution in [0.3, 0.4) is 0 Å². The summed E-state index contributed by atoms with van der Waals surface area (Å²) in [5, 5.41) is 7.29. The van der Waals surface area contributed by atoms with E-state index in [0.29, 0.717) is 16.8 Å². The molecule has 6 heteroatoms. The molecule has 0 amide bonds. The second kappa shape index (κ2) is 7.49. The van der Waals surface area contributed by atoms with Gasteiger partial charge in [0.25, 0.3) is 0 Å². The first-order valence-corrected chi connectivity index (χ1v) is 8.48. The molecule has 0 bridgehead atoms. The van der Waals surface area contributed by atoms with Crippen LogP contribution in [0.15, 0.2) is 48.8 Å². The van der Waals surface area contributed by atoms with Crippen molar-refractivity contribution in [1.29, 1.82) is 0 Å². The molecule has 3 aromatic rings. The van der Waals surface area contributed by atoms with Crippen LogP contribution in [-0.4, -0.2) is 21.0 Å². The molecule has 1 aromatic carbocycles. The molecule has 0 atom stereocenters. The van der Waals surface area contributed by atoms with E-state index < -0.39 is 0 Å². The summed E-state index contributed by atoms with van der Waals surface area (Å²) in [5.74, 6) is 1.28. The quantitative estimate of drug-likeness (QED) is 0.671. The highest BCUT2D eigenvalue weighted by molar-refractivity contribution is 6.30. The molecule has 0 unspecified atom stereocenters. The normalized spacial score (nSPS) is 10.8. The van der Waals surface area contributed by atoms with Gasteiger partial charge in [0.2, 0.25) is 5.95 Å². The Morgan fingerprint density at radius 3 is 2.48 bits per heavy atom. The van der Waals surface area contributed by atoms with Gasteiger partial charge in [0, 0.05) is 40.8 Å². The van der Waals surface area contributed by atoms with Crippen LogP contribution < -0.4 is 10.6 Å². The molecular formula is C19H20ClN5. The van der Waals surface area contributed by atoms with Crippen molar-refractivity contribution in [3.8, 4) is 11.3 Å². The first kappa shape index (κ1) is 17.2. The first-order chi connectivity index (χ1) is 12.0. The third-order valence-electron chi connectivity index (χ3n) is 3.58. The standard InChI is InChI=1S/C19H20ClN5/c1-12(2)22-19-24-17(14-6-8-21-9-7-14)11-18(25-19)23-16-10-15(20)5-4-13(16)3/h4-12H,1-3H3,(H2,22,23,24,25). The average Bonchev–Trinajstić information content (AvgIpc) is 2.58. The third-order valence-corrected chi connectivity index (χ3v) is 3.82. The summed E-state index contributed by atoms with van der Waals surface area (Å²) < 4.78 is 0. The van der Waals surface area contributed by atoms with E-state index in [4.69, 9.17) is 11.6 Å². The minimum Gasteiger partial charge on any atom is -0.352 e. The van der Waals surface area contributed by atoms with E-state index in [1.165, 1.54) is 0 Å². The van der Waals surface area contributed by atoms with Crippen molar-refractivity contribution in [3.63, 3.8) is 0 Å². The zero-order valence-corrected chi connectivity index (χ0v) is 15.2. The van der Waals surface area contributed by atoms with Gasteiger partial charge in [-0.15, -0.1) is 0 Å². The predicted octanol–water partition coefficient (Wildman–Crippen LogP) is 5.06. The van der Waals surface area contributed by atoms with Gasteiger partial charge in [-0.3, -0.25) is 4.98 Å². The zero-order valence-electron chi connectivity index (χ0n) is 14.4. The van der Waals surface area contributed by atoms with Gasteiger partial charge in [-0.1, -0.05) is 17.7 Å². The molecule has 5 nitrogen and oxygen atoms in total. The lowest BCUT2D eigenvalue weighted by Gasteiger charge is -2.14. The van der Waals surface area contributed by atoms with Gasteiger partial charge in [0.15, 0.2) is 0 Å². The Morgan fingerprint density at radius 1 is 1.00 bits per heavy atom. The van der Waals surface area contributed by atoms with Gasteiger partial charge >= 0.3 is 0 Å². The molecule has 2 N–H and O–H groups in total. The van der Waals surface area contributed by atoms with Gasteiger partial charge in [0.1, 0.15) is 5.82 Å². The number of hydrogen-bond acceptors (Lipinski definition) is 5. The summed E-state index contributed by atoms with van der Waals surface area (Å²) >= 11 is 6.12. The smallest absolute Gasteiger partial charge is 0.225 e. The van der Waals surface area contributed by atoms with Gasteiger partial charge in [-0.25, -0.2) is 4.98 Å². The topological polar surface area (TPSA) is 62.7 Å². The van der Waals surface area contributed by atoms with Crippen LogP contribution in [0, 0.1) is 6.92 Å². The van der Waals surface area contributed by atoms with Gasteiger partial charge < -0.3 is 10.6 Å². The second-order valence-corrected chi connectivity index (χ2v) is 6.52. The molecule has 0 saturated heterocycles. The molecule has 25 heavy (non-hydrogen) atoms. The van der Waals surface area contributed by atoms with Gasteiger partial charge in [0.05, 0.1) is 5.69 Å². The minimum atomic E-state index is 0.230. The fourth-order valence-corrected chi connectivity index (χ4v) is 2.54. The van der Waals surface area contributed by atoms with Crippen LogP contribution >= 0.6 is 11.6 Å². The van der Waals surface area contributed by atoms with Crippen molar-refractivity contribution in [3.05, 3.63) is 59.4 Å². The van der Waals surface area contributed by atoms with Gasteiger partial charge in [-0.2, -0.15) is 4.98 Å². The van der Waals surface area contributed by atoms with Crippen LogP contribution in [0.1, 0.15) is 19.4 Å². The van der Waals surface area contributed by atoms with Crippen molar-refractivity contribution in [1.82, 2.24) is 15.0 Å². The monoisotopic (exact) mass is 353 g/mol. The molecule has 0 radical (unpaired) electrons. The first-order valence-electron chi connectivity index (χ1n) is 8.10. The summed E-state index contributed by atoms with van der Waals surface area (Å²) in [6.07, 6.45) is 3.50. The fourth-order valence-electron chi connectivity index (χ4n) is 2.37. The molecule has 0 aliphatic heterocycles. The Bertz CT molecular complexity index is 865. The van der Waals surface area contributed by atoms with Crippen molar-refractivity contribution < 1.29 is 0 Å². The van der Waals surface area contributed by atoms with E-state index >= 15 is 0 Å². The number of nitrogens with one attached hydrogen (secondary N) is 2. The Morgan fingerprint density at radius 2 is 1.76 bits per heavy atom. The number of anilines is 3. The lowest BCUT2D eigenvalue weighted by molar-refractivity contribution is 0.876. The highest BCUT2D eigenvalue weighted by atomic mass is 35.5. The highest BCUT2D eigenvalue weighted by Gasteiger charge is 2.09. The highest BCUT2D eigenvalue weighted by Crippen LogP contribution is 2.26. The maximum Gasteiger partial charge on any atom is 0.225 e. The molecule has 0 aliphatic rings. The predicted molar refractivity (Wildman–Crippen MR) is 103 cm³/mol. The van der Waals surface area contributed by atoms with E-state index in [1.807, 2.05) is 43.3 Å². The van der Waals surface area contributed by atoms with E-state index in [1.54, 1.807) is 12.4 Å². The molecule has 0 aliphatic carbocycles. The van der Waals surface area contributed by atoms with E-state index in [0.717, 1.165) is 22.5 Å². The van der Waals surface area contributed by atoms with E-state index in [9.17, 15) is 0 Å². The van der Waals surface area contributed by atoms with Crippen molar-refractivity contribution in [2.24, 2.45) is 0 Å². The Kier molecular flexibility index (Phi) is 5.14. The summed E-state index contributed by atoms with van der Waals surface area (Å²) in [6.45, 7) is 6.13. The lowest BCUT2D eigenvalue weighted by Crippen LogP contribution is -2.13. The average molecular weight is 354 g/mol. The zero-order chi connectivity index (χ0) is 17.8. The third kappa shape index (κ3) is 4.45. The van der Waals surface area contributed by atoms with E-state index in [-0.39, 0.29) is 6.04 Å². The minimum absolute atomic E-state index is 0.230. The van der Waals surface area contributed by atoms with Crippen molar-refractivity contribution in [2.75, 3.05) is 10.6 Å². The number of halogens is 1. The van der Waals surface area contributed by atoms with Crippen LogP contribution in [0.2, 0.25) is 5.02 Å². The number of rotatable bonds is 5. The van der Waals surface area contributed by atoms with Gasteiger partial charge in [-0.05, 0) is 50.6 Å². The molecule has 0 saturated carbocycles. The summed E-state index contributed by atoms with van der Waals surface area (Å²) in [7, 11) is 0. The number of aryl methyl sites for hydroxylation is 1. The SMILES string of the molecule is Cc1ccc(Cl)cc1Nc1cc(-c2ccncc2)nc(NC(C)C)n1. The lowest BCUT2D eigenvalue weighted by atomic mass is 10.2. The molecule has 3 rings (SSSR count). The fraction of sp³-hybridized carbons (Fsp3) is 0.211. The molecule has 2 aromatic heterocycles. The molecular weight excluding hydrogens is 334 g/mol. The molecule has 0 fully saturated rings. The van der Waals surface area contributed by atoms with Crippen molar-refractivity contribution in [2.45, 2.75) is 26.8 Å². The number of pyridine rings is 1. The summed E-state index contributed by atoms with van der Waals surface area (Å²) in [4.78, 5) is 13.2. The van der Waals surface area contributed by atoms with Crippen LogP contribution in [0.25, 0.3) is 11.3 Å². The number of aromatic nitrogens is 3. The molecule has 128 valence electrons. The Labute approximate surface area is 152 Å². The Balaban J connectivity index is 2.01. The second-order valence-electron chi connectivity index (χ2n) is 6.08. The molecule has 0 spiro atoms. The maximum atomic E-state index is 6.12. The number of benzene rings is 1. The maximum absolute atomic E-state index is 6.12. The summed E-state index contributed by atoms with van der Waals surface area (Å²) in [5.41, 5.74) is 3.81. The number of hydrogen-bond donors (Lipinski definition) is 2. The van der Waals surface area contributed by atoms with E-state index in [2.05, 4.69) is 39.4 Å². The number of nitrogens with zero attached hydrogens (tertiary/aromatic N) is 3. The van der Waals surface area contributed by atoms with Crippen LogP contribution in [0.5, 0.6) is 0 Å².